The zero-order chi connectivity index (χ0) is 11.4. The third kappa shape index (κ3) is 3.57. The third-order valence-corrected chi connectivity index (χ3v) is 2.07. The molecular formula is C8H19N2O4+. The maximum Gasteiger partial charge on any atom is 0.314 e. The summed E-state index contributed by atoms with van der Waals surface area (Å²) in [6.45, 7) is 4.49. The highest BCUT2D eigenvalue weighted by Crippen LogP contribution is 2.05. The summed E-state index contributed by atoms with van der Waals surface area (Å²) in [6, 6.07) is 0. The van der Waals surface area contributed by atoms with E-state index >= 15 is 0 Å². The predicted octanol–water partition coefficient (Wildman–Crippen LogP) is -1.65. The van der Waals surface area contributed by atoms with Crippen LogP contribution in [0.4, 0.5) is 0 Å². The van der Waals surface area contributed by atoms with Crippen molar-refractivity contribution in [3.63, 3.8) is 0 Å². The maximum absolute atomic E-state index is 10.7. The SMILES string of the molecule is CC(C)(C)[NH2+]CC(CO)(CO)[N+](=O)[O-]. The van der Waals surface area contributed by atoms with Crippen LogP contribution in [0, 0.1) is 10.1 Å². The molecule has 0 aromatic carbocycles. The van der Waals surface area contributed by atoms with Crippen LogP contribution in [0.25, 0.3) is 0 Å². The molecule has 0 spiro atoms. The smallest absolute Gasteiger partial charge is 0.314 e. The molecule has 0 aromatic heterocycles. The molecule has 6 nitrogen and oxygen atoms in total. The van der Waals surface area contributed by atoms with Crippen LogP contribution in [0.3, 0.4) is 0 Å². The molecule has 0 bridgehead atoms. The second-order valence-corrected chi connectivity index (χ2v) is 4.57. The van der Waals surface area contributed by atoms with Gasteiger partial charge in [0.15, 0.2) is 6.54 Å². The first-order valence-corrected chi connectivity index (χ1v) is 4.48. The van der Waals surface area contributed by atoms with Crippen LogP contribution in [-0.2, 0) is 0 Å². The highest BCUT2D eigenvalue weighted by molar-refractivity contribution is 4.76. The first-order chi connectivity index (χ1) is 6.27. The van der Waals surface area contributed by atoms with Gasteiger partial charge in [-0.05, 0) is 20.8 Å². The summed E-state index contributed by atoms with van der Waals surface area (Å²) in [7, 11) is 0. The van der Waals surface area contributed by atoms with Crippen molar-refractivity contribution in [1.29, 1.82) is 0 Å². The molecule has 0 fully saturated rings. The minimum atomic E-state index is -1.63. The number of aliphatic hydroxyl groups is 2. The molecule has 0 aliphatic rings. The van der Waals surface area contributed by atoms with Crippen LogP contribution in [0.15, 0.2) is 0 Å². The van der Waals surface area contributed by atoms with Crippen molar-refractivity contribution >= 4 is 0 Å². The van der Waals surface area contributed by atoms with E-state index in [0.29, 0.717) is 0 Å². The lowest BCUT2D eigenvalue weighted by atomic mass is 10.0. The van der Waals surface area contributed by atoms with E-state index in [0.717, 1.165) is 0 Å². The number of nitrogens with two attached hydrogens (primary N) is 1. The van der Waals surface area contributed by atoms with E-state index in [9.17, 15) is 10.1 Å². The molecule has 0 amide bonds. The summed E-state index contributed by atoms with van der Waals surface area (Å²) >= 11 is 0. The molecule has 0 unspecified atom stereocenters. The van der Waals surface area contributed by atoms with E-state index in [1.807, 2.05) is 20.8 Å². The van der Waals surface area contributed by atoms with E-state index in [1.165, 1.54) is 0 Å². The van der Waals surface area contributed by atoms with E-state index < -0.39 is 23.7 Å². The molecule has 0 saturated carbocycles. The fourth-order valence-electron chi connectivity index (χ4n) is 0.865. The number of aliphatic hydroxyl groups excluding tert-OH is 2. The van der Waals surface area contributed by atoms with Gasteiger partial charge in [0.1, 0.15) is 13.2 Å². The summed E-state index contributed by atoms with van der Waals surface area (Å²) in [5.74, 6) is 0. The Hall–Kier alpha value is -0.720. The standard InChI is InChI=1S/C8H18N2O4/c1-7(2,3)9-4-8(5-11,6-12)10(13)14/h9,11-12H,4-6H2,1-3H3/p+1. The lowest BCUT2D eigenvalue weighted by Crippen LogP contribution is -2.98. The van der Waals surface area contributed by atoms with Crippen molar-refractivity contribution in [2.24, 2.45) is 0 Å². The molecule has 0 aliphatic carbocycles. The minimum absolute atomic E-state index is 0.0660. The van der Waals surface area contributed by atoms with Crippen molar-refractivity contribution in [2.45, 2.75) is 31.8 Å². The normalized spacial score (nSPS) is 12.9. The number of nitro groups is 1. The Morgan fingerprint density at radius 2 is 1.71 bits per heavy atom. The summed E-state index contributed by atoms with van der Waals surface area (Å²) in [5, 5.41) is 30.2. The topological polar surface area (TPSA) is 100 Å². The molecule has 0 aliphatic heterocycles. The van der Waals surface area contributed by atoms with Gasteiger partial charge in [0.25, 0.3) is 0 Å². The van der Waals surface area contributed by atoms with Gasteiger partial charge < -0.3 is 15.5 Å². The summed E-state index contributed by atoms with van der Waals surface area (Å²) in [4.78, 5) is 10.1. The molecule has 0 radical (unpaired) electrons. The highest BCUT2D eigenvalue weighted by Gasteiger charge is 2.45. The number of nitrogens with zero attached hydrogens (tertiary/aromatic N) is 1. The van der Waals surface area contributed by atoms with Crippen LogP contribution in [0.2, 0.25) is 0 Å². The van der Waals surface area contributed by atoms with E-state index in [4.69, 9.17) is 10.2 Å². The zero-order valence-electron chi connectivity index (χ0n) is 8.86. The van der Waals surface area contributed by atoms with Gasteiger partial charge in [-0.2, -0.15) is 0 Å². The molecule has 0 saturated heterocycles. The van der Waals surface area contributed by atoms with E-state index in [2.05, 4.69) is 0 Å². The van der Waals surface area contributed by atoms with E-state index in [1.54, 1.807) is 5.32 Å². The van der Waals surface area contributed by atoms with Crippen LogP contribution >= 0.6 is 0 Å². The van der Waals surface area contributed by atoms with Crippen molar-refractivity contribution < 1.29 is 20.5 Å². The van der Waals surface area contributed by atoms with Crippen molar-refractivity contribution in [2.75, 3.05) is 19.8 Å². The van der Waals surface area contributed by atoms with Crippen molar-refractivity contribution in [3.8, 4) is 0 Å². The molecule has 4 N–H and O–H groups in total. The minimum Gasteiger partial charge on any atom is -0.389 e. The van der Waals surface area contributed by atoms with Gasteiger partial charge in [0.2, 0.25) is 0 Å². The molecule has 6 heteroatoms. The quantitative estimate of drug-likeness (QED) is 0.371. The fraction of sp³-hybridized carbons (Fsp3) is 1.00. The van der Waals surface area contributed by atoms with Gasteiger partial charge in [-0.1, -0.05) is 0 Å². The Morgan fingerprint density at radius 1 is 1.29 bits per heavy atom. The Kier molecular flexibility index (Phi) is 4.44. The zero-order valence-corrected chi connectivity index (χ0v) is 8.86. The van der Waals surface area contributed by atoms with Gasteiger partial charge in [-0.15, -0.1) is 0 Å². The number of rotatable bonds is 5. The molecule has 0 rings (SSSR count). The van der Waals surface area contributed by atoms with Gasteiger partial charge in [-0.3, -0.25) is 10.1 Å². The fourth-order valence-corrected chi connectivity index (χ4v) is 0.865. The monoisotopic (exact) mass is 207 g/mol. The predicted molar refractivity (Wildman–Crippen MR) is 50.4 cm³/mol. The van der Waals surface area contributed by atoms with Crippen LogP contribution < -0.4 is 5.32 Å². The average Bonchev–Trinajstić information content (AvgIpc) is 2.04. The van der Waals surface area contributed by atoms with Crippen molar-refractivity contribution in [3.05, 3.63) is 10.1 Å². The van der Waals surface area contributed by atoms with Gasteiger partial charge in [0, 0.05) is 4.92 Å². The Bertz CT molecular complexity index is 196. The molecule has 0 heterocycles. The van der Waals surface area contributed by atoms with Crippen LogP contribution in [0.1, 0.15) is 20.8 Å². The first kappa shape index (κ1) is 13.3. The summed E-state index contributed by atoms with van der Waals surface area (Å²) in [6.07, 6.45) is 0. The number of hydrogen-bond acceptors (Lipinski definition) is 4. The molecule has 14 heavy (non-hydrogen) atoms. The molecule has 84 valence electrons. The Labute approximate surface area is 83.1 Å². The van der Waals surface area contributed by atoms with Crippen LogP contribution in [-0.4, -0.2) is 46.0 Å². The molecule has 0 atom stereocenters. The Balaban J connectivity index is 4.45. The van der Waals surface area contributed by atoms with Crippen molar-refractivity contribution in [1.82, 2.24) is 0 Å². The first-order valence-electron chi connectivity index (χ1n) is 4.48. The molecule has 0 aromatic rings. The van der Waals surface area contributed by atoms with Gasteiger partial charge in [0.05, 0.1) is 5.54 Å². The van der Waals surface area contributed by atoms with Gasteiger partial charge >= 0.3 is 5.54 Å². The molecular weight excluding hydrogens is 188 g/mol. The second kappa shape index (κ2) is 4.68. The number of hydrogen-bond donors (Lipinski definition) is 3. The van der Waals surface area contributed by atoms with E-state index in [-0.39, 0.29) is 12.1 Å². The number of quaternary nitrogens is 1. The van der Waals surface area contributed by atoms with Crippen LogP contribution in [0.5, 0.6) is 0 Å². The summed E-state index contributed by atoms with van der Waals surface area (Å²) < 4.78 is 0. The Morgan fingerprint density at radius 3 is 1.93 bits per heavy atom. The summed E-state index contributed by atoms with van der Waals surface area (Å²) in [5.41, 5.74) is -1.79. The third-order valence-electron chi connectivity index (χ3n) is 2.07. The average molecular weight is 207 g/mol. The lowest BCUT2D eigenvalue weighted by molar-refractivity contribution is -0.756. The second-order valence-electron chi connectivity index (χ2n) is 4.57. The maximum atomic E-state index is 10.7. The lowest BCUT2D eigenvalue weighted by Gasteiger charge is -2.24. The van der Waals surface area contributed by atoms with Gasteiger partial charge in [-0.25, -0.2) is 0 Å². The largest absolute Gasteiger partial charge is 0.389 e. The highest BCUT2D eigenvalue weighted by atomic mass is 16.6.